The molecule has 0 heterocycles. The summed E-state index contributed by atoms with van der Waals surface area (Å²) in [6.45, 7) is 1.70. The molecule has 1 fully saturated rings. The van der Waals surface area contributed by atoms with E-state index in [2.05, 4.69) is 0 Å². The van der Waals surface area contributed by atoms with Crippen molar-refractivity contribution in [1.29, 1.82) is 0 Å². The minimum absolute atomic E-state index is 0.118. The lowest BCUT2D eigenvalue weighted by atomic mass is 9.97. The Bertz CT molecular complexity index is 276. The van der Waals surface area contributed by atoms with Crippen molar-refractivity contribution >= 4 is 9.84 Å². The lowest BCUT2D eigenvalue weighted by Crippen LogP contribution is -2.23. The molecule has 5 heteroatoms. The molecule has 0 aromatic rings. The maximum atomic E-state index is 10.8. The quantitative estimate of drug-likeness (QED) is 0.678. The van der Waals surface area contributed by atoms with Crippen LogP contribution in [0.3, 0.4) is 0 Å². The number of hydrogen-bond acceptors (Lipinski definition) is 4. The van der Waals surface area contributed by atoms with E-state index >= 15 is 0 Å². The highest BCUT2D eigenvalue weighted by molar-refractivity contribution is 7.90. The molecule has 4 nitrogen and oxygen atoms in total. The average Bonchev–Trinajstić information content (AvgIpc) is 2.58. The summed E-state index contributed by atoms with van der Waals surface area (Å²) in [6.07, 6.45) is 4.81. The van der Waals surface area contributed by atoms with Gasteiger partial charge in [-0.15, -0.1) is 0 Å². The minimum atomic E-state index is -2.89. The van der Waals surface area contributed by atoms with E-state index in [0.29, 0.717) is 25.0 Å². The van der Waals surface area contributed by atoms with Gasteiger partial charge in [0.25, 0.3) is 0 Å². The molecule has 2 atom stereocenters. The Morgan fingerprint density at radius 2 is 2.00 bits per heavy atom. The van der Waals surface area contributed by atoms with E-state index in [9.17, 15) is 8.42 Å². The molecule has 0 aliphatic heterocycles. The molecule has 2 N–H and O–H groups in total. The van der Waals surface area contributed by atoms with E-state index in [0.717, 1.165) is 6.54 Å². The standard InChI is InChI=1S/C10H21NO3S/c1-15(12,13)6-5-14-8-10-4-2-3-9(10)7-11/h9-10H,2-8,11H2,1H3. The Morgan fingerprint density at radius 1 is 1.33 bits per heavy atom. The lowest BCUT2D eigenvalue weighted by Gasteiger charge is -2.17. The van der Waals surface area contributed by atoms with Crippen molar-refractivity contribution < 1.29 is 13.2 Å². The van der Waals surface area contributed by atoms with E-state index in [4.69, 9.17) is 10.5 Å². The van der Waals surface area contributed by atoms with Gasteiger partial charge >= 0.3 is 0 Å². The number of sulfone groups is 1. The highest BCUT2D eigenvalue weighted by Gasteiger charge is 2.25. The summed E-state index contributed by atoms with van der Waals surface area (Å²) in [7, 11) is -2.89. The number of hydrogen-bond donors (Lipinski definition) is 1. The van der Waals surface area contributed by atoms with Crippen molar-refractivity contribution in [2.75, 3.05) is 31.8 Å². The van der Waals surface area contributed by atoms with Gasteiger partial charge in [-0.05, 0) is 31.2 Å². The topological polar surface area (TPSA) is 69.4 Å². The third-order valence-electron chi connectivity index (χ3n) is 3.05. The van der Waals surface area contributed by atoms with Crippen LogP contribution in [0.1, 0.15) is 19.3 Å². The summed E-state index contributed by atoms with van der Waals surface area (Å²) >= 11 is 0. The highest BCUT2D eigenvalue weighted by atomic mass is 32.2. The molecule has 1 saturated carbocycles. The van der Waals surface area contributed by atoms with E-state index in [1.165, 1.54) is 25.5 Å². The van der Waals surface area contributed by atoms with E-state index < -0.39 is 9.84 Å². The largest absolute Gasteiger partial charge is 0.380 e. The molecular weight excluding hydrogens is 214 g/mol. The predicted octanol–water partition coefficient (Wildman–Crippen LogP) is 0.423. The van der Waals surface area contributed by atoms with Gasteiger partial charge < -0.3 is 10.5 Å². The number of ether oxygens (including phenoxy) is 1. The molecular formula is C10H21NO3S. The van der Waals surface area contributed by atoms with Gasteiger partial charge in [-0.25, -0.2) is 8.42 Å². The van der Waals surface area contributed by atoms with Gasteiger partial charge in [-0.3, -0.25) is 0 Å². The second-order valence-electron chi connectivity index (χ2n) is 4.39. The van der Waals surface area contributed by atoms with Crippen molar-refractivity contribution in [3.8, 4) is 0 Å². The first kappa shape index (κ1) is 12.9. The van der Waals surface area contributed by atoms with Gasteiger partial charge in [0.15, 0.2) is 0 Å². The molecule has 15 heavy (non-hydrogen) atoms. The second-order valence-corrected chi connectivity index (χ2v) is 6.65. The Kier molecular flexibility index (Phi) is 5.02. The molecule has 0 saturated heterocycles. The lowest BCUT2D eigenvalue weighted by molar-refractivity contribution is 0.0980. The highest BCUT2D eigenvalue weighted by Crippen LogP contribution is 2.30. The summed E-state index contributed by atoms with van der Waals surface area (Å²) in [5.41, 5.74) is 5.65. The second kappa shape index (κ2) is 5.82. The third-order valence-corrected chi connectivity index (χ3v) is 3.96. The Labute approximate surface area is 92.1 Å². The fraction of sp³-hybridized carbons (Fsp3) is 1.00. The smallest absolute Gasteiger partial charge is 0.149 e. The van der Waals surface area contributed by atoms with Crippen LogP contribution in [0.15, 0.2) is 0 Å². The fourth-order valence-electron chi connectivity index (χ4n) is 2.09. The van der Waals surface area contributed by atoms with Crippen LogP contribution in [0.2, 0.25) is 0 Å². The maximum Gasteiger partial charge on any atom is 0.149 e. The van der Waals surface area contributed by atoms with Crippen LogP contribution in [-0.2, 0) is 14.6 Å². The molecule has 0 aromatic heterocycles. The van der Waals surface area contributed by atoms with E-state index in [1.807, 2.05) is 0 Å². The van der Waals surface area contributed by atoms with Crippen LogP contribution in [0.25, 0.3) is 0 Å². The van der Waals surface area contributed by atoms with Crippen LogP contribution >= 0.6 is 0 Å². The summed E-state index contributed by atoms with van der Waals surface area (Å²) in [6, 6.07) is 0. The normalized spacial score (nSPS) is 27.1. The molecule has 0 aromatic carbocycles. The monoisotopic (exact) mass is 235 g/mol. The molecule has 2 unspecified atom stereocenters. The molecule has 1 rings (SSSR count). The zero-order valence-corrected chi connectivity index (χ0v) is 10.1. The van der Waals surface area contributed by atoms with Crippen molar-refractivity contribution in [3.63, 3.8) is 0 Å². The molecule has 1 aliphatic rings. The van der Waals surface area contributed by atoms with E-state index in [-0.39, 0.29) is 5.75 Å². The van der Waals surface area contributed by atoms with Crippen molar-refractivity contribution in [2.45, 2.75) is 19.3 Å². The Balaban J connectivity index is 2.15. The molecule has 1 aliphatic carbocycles. The van der Waals surface area contributed by atoms with Gasteiger partial charge in [-0.2, -0.15) is 0 Å². The van der Waals surface area contributed by atoms with Crippen LogP contribution in [-0.4, -0.2) is 40.2 Å². The van der Waals surface area contributed by atoms with Crippen LogP contribution < -0.4 is 5.73 Å². The summed E-state index contributed by atoms with van der Waals surface area (Å²) in [5, 5.41) is 0. The average molecular weight is 235 g/mol. The van der Waals surface area contributed by atoms with Gasteiger partial charge in [0.2, 0.25) is 0 Å². The number of rotatable bonds is 6. The molecule has 90 valence electrons. The first-order valence-corrected chi connectivity index (χ1v) is 7.54. The van der Waals surface area contributed by atoms with Crippen LogP contribution in [0.5, 0.6) is 0 Å². The first-order chi connectivity index (χ1) is 7.03. The molecule has 0 radical (unpaired) electrons. The van der Waals surface area contributed by atoms with Gasteiger partial charge in [0.05, 0.1) is 12.4 Å². The summed E-state index contributed by atoms with van der Waals surface area (Å²) in [5.74, 6) is 1.23. The summed E-state index contributed by atoms with van der Waals surface area (Å²) < 4.78 is 27.1. The molecule has 0 spiro atoms. The van der Waals surface area contributed by atoms with Crippen molar-refractivity contribution in [1.82, 2.24) is 0 Å². The van der Waals surface area contributed by atoms with Gasteiger partial charge in [0, 0.05) is 12.9 Å². The summed E-state index contributed by atoms with van der Waals surface area (Å²) in [4.78, 5) is 0. The van der Waals surface area contributed by atoms with Crippen molar-refractivity contribution in [2.24, 2.45) is 17.6 Å². The van der Waals surface area contributed by atoms with Gasteiger partial charge in [-0.1, -0.05) is 6.42 Å². The zero-order valence-electron chi connectivity index (χ0n) is 9.31. The van der Waals surface area contributed by atoms with Crippen LogP contribution in [0.4, 0.5) is 0 Å². The Morgan fingerprint density at radius 3 is 2.60 bits per heavy atom. The third kappa shape index (κ3) is 4.95. The Hall–Kier alpha value is -0.130. The SMILES string of the molecule is CS(=O)(=O)CCOCC1CCCC1CN. The maximum absolute atomic E-state index is 10.8. The predicted molar refractivity (Wildman–Crippen MR) is 60.4 cm³/mol. The zero-order chi connectivity index (χ0) is 11.3. The number of nitrogens with two attached hydrogens (primary N) is 1. The fourth-order valence-corrected chi connectivity index (χ4v) is 2.51. The van der Waals surface area contributed by atoms with E-state index in [1.54, 1.807) is 0 Å². The molecule has 0 amide bonds. The van der Waals surface area contributed by atoms with Gasteiger partial charge in [0.1, 0.15) is 9.84 Å². The minimum Gasteiger partial charge on any atom is -0.380 e. The molecule has 0 bridgehead atoms. The first-order valence-electron chi connectivity index (χ1n) is 5.48. The van der Waals surface area contributed by atoms with Crippen molar-refractivity contribution in [3.05, 3.63) is 0 Å². The van der Waals surface area contributed by atoms with Crippen LogP contribution in [0, 0.1) is 11.8 Å².